The highest BCUT2D eigenvalue weighted by molar-refractivity contribution is 5.79. The van der Waals surface area contributed by atoms with Crippen LogP contribution in [0.4, 0.5) is 5.95 Å². The topological polar surface area (TPSA) is 104 Å². The van der Waals surface area contributed by atoms with Crippen LogP contribution in [0.25, 0.3) is 0 Å². The highest BCUT2D eigenvalue weighted by atomic mass is 16.5. The summed E-state index contributed by atoms with van der Waals surface area (Å²) in [6.45, 7) is 9.42. The lowest BCUT2D eigenvalue weighted by atomic mass is 10.00. The van der Waals surface area contributed by atoms with Crippen LogP contribution < -0.4 is 15.8 Å². The summed E-state index contributed by atoms with van der Waals surface area (Å²) in [6.07, 6.45) is 2.35. The Kier molecular flexibility index (Phi) is 5.62. The highest BCUT2D eigenvalue weighted by Crippen LogP contribution is 2.20. The number of aromatic nitrogens is 3. The number of aryl methyl sites for hydroxylation is 2. The smallest absolute Gasteiger partial charge is 0.252 e. The zero-order valence-corrected chi connectivity index (χ0v) is 16.3. The fraction of sp³-hybridized carbons (Fsp3) is 0.579. The number of hydrogen-bond acceptors (Lipinski definition) is 6. The van der Waals surface area contributed by atoms with Gasteiger partial charge in [0.1, 0.15) is 5.76 Å². The van der Waals surface area contributed by atoms with Gasteiger partial charge in [0, 0.05) is 24.7 Å². The summed E-state index contributed by atoms with van der Waals surface area (Å²) in [5, 5.41) is 6.78. The van der Waals surface area contributed by atoms with Gasteiger partial charge in [-0.25, -0.2) is 4.98 Å². The largest absolute Gasteiger partial charge is 0.361 e. The van der Waals surface area contributed by atoms with E-state index in [0.717, 1.165) is 31.5 Å². The van der Waals surface area contributed by atoms with Crippen LogP contribution in [0.3, 0.4) is 0 Å². The predicted molar refractivity (Wildman–Crippen MR) is 102 cm³/mol. The summed E-state index contributed by atoms with van der Waals surface area (Å²) in [5.74, 6) is 1.76. The number of carbonyl (C=O) groups excluding carboxylic acids is 1. The molecular weight excluding hydrogens is 346 g/mol. The van der Waals surface area contributed by atoms with Crippen LogP contribution in [0.1, 0.15) is 55.4 Å². The Bertz CT molecular complexity index is 845. The number of nitrogens with one attached hydrogen (secondary N) is 2. The van der Waals surface area contributed by atoms with Crippen molar-refractivity contribution in [1.82, 2.24) is 20.4 Å². The third kappa shape index (κ3) is 4.56. The molecule has 146 valence electrons. The maximum Gasteiger partial charge on any atom is 0.252 e. The molecular formula is C19H27N5O3. The highest BCUT2D eigenvalue weighted by Gasteiger charge is 2.20. The molecule has 3 rings (SSSR count). The molecule has 0 saturated carbocycles. The second-order valence-corrected chi connectivity index (χ2v) is 7.43. The van der Waals surface area contributed by atoms with Gasteiger partial charge < -0.3 is 14.7 Å². The number of hydrogen-bond donors (Lipinski definition) is 2. The Morgan fingerprint density at radius 3 is 2.74 bits per heavy atom. The summed E-state index contributed by atoms with van der Waals surface area (Å²) in [6, 6.07) is 1.07. The molecule has 1 amide bonds. The number of anilines is 1. The quantitative estimate of drug-likeness (QED) is 0.831. The van der Waals surface area contributed by atoms with Gasteiger partial charge in [-0.05, 0) is 39.5 Å². The molecule has 0 bridgehead atoms. The summed E-state index contributed by atoms with van der Waals surface area (Å²) < 4.78 is 5.10. The van der Waals surface area contributed by atoms with Crippen LogP contribution in [0.2, 0.25) is 0 Å². The summed E-state index contributed by atoms with van der Waals surface area (Å²) in [5.41, 5.74) is 1.85. The van der Waals surface area contributed by atoms with E-state index < -0.39 is 0 Å². The van der Waals surface area contributed by atoms with Crippen LogP contribution in [-0.4, -0.2) is 34.1 Å². The number of amides is 1. The molecule has 1 aliphatic heterocycles. The molecule has 0 aliphatic carbocycles. The van der Waals surface area contributed by atoms with Crippen LogP contribution in [0.15, 0.2) is 15.4 Å². The Labute approximate surface area is 158 Å². The molecule has 0 aromatic carbocycles. The van der Waals surface area contributed by atoms with E-state index in [1.165, 1.54) is 6.07 Å². The van der Waals surface area contributed by atoms with Crippen molar-refractivity contribution in [3.63, 3.8) is 0 Å². The third-order valence-corrected chi connectivity index (χ3v) is 5.17. The molecule has 1 saturated heterocycles. The molecule has 2 N–H and O–H groups in total. The first-order valence-corrected chi connectivity index (χ1v) is 9.40. The first-order chi connectivity index (χ1) is 12.8. The third-order valence-electron chi connectivity index (χ3n) is 5.17. The second-order valence-electron chi connectivity index (χ2n) is 7.43. The Morgan fingerprint density at radius 2 is 2.11 bits per heavy atom. The molecule has 0 radical (unpaired) electrons. The van der Waals surface area contributed by atoms with Crippen LogP contribution >= 0.6 is 0 Å². The van der Waals surface area contributed by atoms with Gasteiger partial charge in [-0.1, -0.05) is 12.1 Å². The van der Waals surface area contributed by atoms with Crippen LogP contribution in [0.5, 0.6) is 0 Å². The zero-order valence-electron chi connectivity index (χ0n) is 16.3. The molecule has 8 heteroatoms. The van der Waals surface area contributed by atoms with Crippen LogP contribution in [-0.2, 0) is 11.2 Å². The minimum Gasteiger partial charge on any atom is -0.361 e. The van der Waals surface area contributed by atoms with Crippen molar-refractivity contribution in [2.45, 2.75) is 53.0 Å². The molecule has 27 heavy (non-hydrogen) atoms. The van der Waals surface area contributed by atoms with Gasteiger partial charge in [-0.15, -0.1) is 0 Å². The summed E-state index contributed by atoms with van der Waals surface area (Å²) in [4.78, 5) is 34.0. The normalized spacial score (nSPS) is 16.4. The lowest BCUT2D eigenvalue weighted by Crippen LogP contribution is -2.36. The summed E-state index contributed by atoms with van der Waals surface area (Å²) >= 11 is 0. The molecule has 0 unspecified atom stereocenters. The van der Waals surface area contributed by atoms with Crippen molar-refractivity contribution >= 4 is 11.9 Å². The van der Waals surface area contributed by atoms with E-state index in [1.807, 2.05) is 13.8 Å². The minimum atomic E-state index is -0.372. The number of H-pyrrole nitrogens is 1. The maximum absolute atomic E-state index is 12.4. The van der Waals surface area contributed by atoms with E-state index in [4.69, 9.17) is 4.52 Å². The van der Waals surface area contributed by atoms with Crippen LogP contribution in [0, 0.1) is 19.8 Å². The molecule has 1 aliphatic rings. The van der Waals surface area contributed by atoms with Gasteiger partial charge in [0.15, 0.2) is 0 Å². The number of aromatic amines is 1. The van der Waals surface area contributed by atoms with Crippen molar-refractivity contribution in [2.24, 2.45) is 5.92 Å². The number of nitrogens with zero attached hydrogens (tertiary/aromatic N) is 3. The van der Waals surface area contributed by atoms with E-state index in [9.17, 15) is 9.59 Å². The van der Waals surface area contributed by atoms with Crippen molar-refractivity contribution in [3.05, 3.63) is 39.1 Å². The fourth-order valence-corrected chi connectivity index (χ4v) is 3.34. The predicted octanol–water partition coefficient (Wildman–Crippen LogP) is 2.03. The SMILES string of the molecule is Cc1noc(C)c1CC(=O)N[C@@H](C)c1cc(=O)[nH]c(N2CCC(C)CC2)n1. The molecule has 3 heterocycles. The Morgan fingerprint density at radius 1 is 1.41 bits per heavy atom. The monoisotopic (exact) mass is 373 g/mol. The zero-order chi connectivity index (χ0) is 19.6. The molecule has 2 aromatic heterocycles. The van der Waals surface area contributed by atoms with Gasteiger partial charge in [0.05, 0.1) is 23.9 Å². The van der Waals surface area contributed by atoms with Gasteiger partial charge in [0.25, 0.3) is 5.56 Å². The molecule has 0 spiro atoms. The first kappa shape index (κ1) is 19.1. The summed E-state index contributed by atoms with van der Waals surface area (Å²) in [7, 11) is 0. The number of piperidine rings is 1. The molecule has 8 nitrogen and oxygen atoms in total. The lowest BCUT2D eigenvalue weighted by Gasteiger charge is -2.31. The Balaban J connectivity index is 1.70. The maximum atomic E-state index is 12.4. The average Bonchev–Trinajstić information content (AvgIpc) is 2.93. The van der Waals surface area contributed by atoms with E-state index in [0.29, 0.717) is 29.0 Å². The molecule has 2 aromatic rings. The van der Waals surface area contributed by atoms with Crippen molar-refractivity contribution in [1.29, 1.82) is 0 Å². The minimum absolute atomic E-state index is 0.160. The molecule has 1 atom stereocenters. The van der Waals surface area contributed by atoms with Gasteiger partial charge in [-0.3, -0.25) is 14.6 Å². The fourth-order valence-electron chi connectivity index (χ4n) is 3.34. The van der Waals surface area contributed by atoms with E-state index in [-0.39, 0.29) is 23.9 Å². The van der Waals surface area contributed by atoms with Gasteiger partial charge in [0.2, 0.25) is 11.9 Å². The second kappa shape index (κ2) is 7.94. The van der Waals surface area contributed by atoms with E-state index >= 15 is 0 Å². The van der Waals surface area contributed by atoms with Crippen molar-refractivity contribution < 1.29 is 9.32 Å². The van der Waals surface area contributed by atoms with E-state index in [1.54, 1.807) is 6.92 Å². The average molecular weight is 373 g/mol. The first-order valence-electron chi connectivity index (χ1n) is 9.40. The molecule has 1 fully saturated rings. The Hall–Kier alpha value is -2.64. The number of rotatable bonds is 5. The lowest BCUT2D eigenvalue weighted by molar-refractivity contribution is -0.121. The van der Waals surface area contributed by atoms with E-state index in [2.05, 4.69) is 32.3 Å². The number of carbonyl (C=O) groups is 1. The van der Waals surface area contributed by atoms with Gasteiger partial charge >= 0.3 is 0 Å². The van der Waals surface area contributed by atoms with Crippen molar-refractivity contribution in [2.75, 3.05) is 18.0 Å². The van der Waals surface area contributed by atoms with Crippen molar-refractivity contribution in [3.8, 4) is 0 Å². The standard InChI is InChI=1S/C19H27N5O3/c1-11-5-7-24(8-6-11)19-21-16(10-18(26)22-19)13(3)20-17(25)9-15-12(2)23-27-14(15)4/h10-11,13H,5-9H2,1-4H3,(H,20,25)(H,21,22,26)/t13-/m0/s1. The van der Waals surface area contributed by atoms with Gasteiger partial charge in [-0.2, -0.15) is 0 Å².